The fourth-order valence-corrected chi connectivity index (χ4v) is 7.64. The highest BCUT2D eigenvalue weighted by Crippen LogP contribution is 2.50. The average Bonchev–Trinajstić information content (AvgIpc) is 3.49. The topological polar surface area (TPSA) is 6.25 Å². The molecule has 1 aliphatic heterocycles. The quantitative estimate of drug-likeness (QED) is 0.155. The molecule has 2 heteroatoms. The molecule has 2 nitrogen and oxygen atoms in total. The molecular weight excluding hydrogens is 569 g/mol. The Morgan fingerprint density at radius 2 is 0.787 bits per heavy atom. The lowest BCUT2D eigenvalue weighted by Crippen LogP contribution is -2.32. The van der Waals surface area contributed by atoms with Crippen LogP contribution in [-0.4, -0.2) is 15.8 Å². The largest absolute Gasteiger partial charge is 0.245 e. The van der Waals surface area contributed by atoms with Crippen LogP contribution in [0, 0.1) is 27.7 Å². The molecule has 0 saturated carbocycles. The molecule has 1 aliphatic rings. The van der Waals surface area contributed by atoms with Crippen LogP contribution in [0.25, 0.3) is 0 Å². The maximum atomic E-state index is 2.67. The summed E-state index contributed by atoms with van der Waals surface area (Å²) in [4.78, 5) is 2.67. The highest BCUT2D eigenvalue weighted by molar-refractivity contribution is 5.60. The van der Waals surface area contributed by atoms with Crippen LogP contribution in [0.15, 0.2) is 158 Å². The van der Waals surface area contributed by atoms with Crippen molar-refractivity contribution in [1.82, 2.24) is 4.90 Å². The van der Waals surface area contributed by atoms with Gasteiger partial charge in [0.2, 0.25) is 6.34 Å². The number of aryl methyl sites for hydroxylation is 4. The van der Waals surface area contributed by atoms with Crippen LogP contribution in [0.4, 0.5) is 0 Å². The van der Waals surface area contributed by atoms with E-state index in [0.29, 0.717) is 0 Å². The van der Waals surface area contributed by atoms with Gasteiger partial charge in [-0.25, -0.2) is 9.48 Å². The molecule has 0 bridgehead atoms. The fraction of sp³-hybridized carbons (Fsp3) is 0.178. The Labute approximate surface area is 280 Å². The van der Waals surface area contributed by atoms with Crippen molar-refractivity contribution in [2.24, 2.45) is 0 Å². The van der Waals surface area contributed by atoms with Gasteiger partial charge in [0.15, 0.2) is 12.1 Å². The van der Waals surface area contributed by atoms with Crippen molar-refractivity contribution in [2.75, 3.05) is 0 Å². The first-order valence-corrected chi connectivity index (χ1v) is 16.7. The minimum absolute atomic E-state index is 0.00760. The van der Waals surface area contributed by atoms with Gasteiger partial charge in [-0.05, 0) is 49.9 Å². The van der Waals surface area contributed by atoms with E-state index in [1.165, 1.54) is 55.6 Å². The van der Waals surface area contributed by atoms with E-state index in [-0.39, 0.29) is 24.2 Å². The summed E-state index contributed by atoms with van der Waals surface area (Å²) in [5, 5.41) is 0. The molecule has 47 heavy (non-hydrogen) atoms. The molecule has 0 aromatic heterocycles. The first-order chi connectivity index (χ1) is 23.0. The Bertz CT molecular complexity index is 1920. The van der Waals surface area contributed by atoms with Crippen LogP contribution in [0.3, 0.4) is 0 Å². The van der Waals surface area contributed by atoms with Crippen molar-refractivity contribution in [3.05, 3.63) is 213 Å². The monoisotopic (exact) mass is 611 g/mol. The Kier molecular flexibility index (Phi) is 8.59. The van der Waals surface area contributed by atoms with Crippen LogP contribution >= 0.6 is 0 Å². The lowest BCUT2D eigenvalue weighted by Gasteiger charge is -2.32. The lowest BCUT2D eigenvalue weighted by molar-refractivity contribution is -0.596. The summed E-state index contributed by atoms with van der Waals surface area (Å²) < 4.78 is 2.67. The Hall–Kier alpha value is -5.21. The number of hydrogen-bond donors (Lipinski definition) is 0. The molecule has 6 aromatic rings. The van der Waals surface area contributed by atoms with Gasteiger partial charge in [0.1, 0.15) is 12.1 Å². The van der Waals surface area contributed by atoms with E-state index < -0.39 is 0 Å². The van der Waals surface area contributed by atoms with Gasteiger partial charge >= 0.3 is 0 Å². The third-order valence-corrected chi connectivity index (χ3v) is 10.0. The molecule has 0 amide bonds. The first kappa shape index (κ1) is 30.4. The molecule has 0 unspecified atom stereocenters. The van der Waals surface area contributed by atoms with Gasteiger partial charge in [-0.15, -0.1) is 0 Å². The van der Waals surface area contributed by atoms with Crippen molar-refractivity contribution < 1.29 is 4.58 Å². The van der Waals surface area contributed by atoms with Crippen LogP contribution in [-0.2, 0) is 0 Å². The molecular formula is C45H43N2+. The normalized spacial score (nSPS) is 16.1. The predicted octanol–water partition coefficient (Wildman–Crippen LogP) is 10.6. The Balaban J connectivity index is 1.57. The molecule has 232 valence electrons. The molecule has 2 atom stereocenters. The van der Waals surface area contributed by atoms with E-state index in [2.05, 4.69) is 201 Å². The van der Waals surface area contributed by atoms with Gasteiger partial charge in [0, 0.05) is 33.4 Å². The van der Waals surface area contributed by atoms with Crippen LogP contribution in [0.1, 0.15) is 79.8 Å². The molecule has 0 N–H and O–H groups in total. The van der Waals surface area contributed by atoms with Gasteiger partial charge in [-0.2, -0.15) is 0 Å². The summed E-state index contributed by atoms with van der Waals surface area (Å²) in [5.74, 6) is 0. The second kappa shape index (κ2) is 13.3. The molecule has 0 fully saturated rings. The van der Waals surface area contributed by atoms with Crippen molar-refractivity contribution in [3.63, 3.8) is 0 Å². The molecule has 0 spiro atoms. The molecule has 0 radical (unpaired) electrons. The zero-order chi connectivity index (χ0) is 32.3. The average molecular weight is 612 g/mol. The standard InChI is InChI=1S/C45H43N2/c1-32-19-11-15-27-38(32)44(39-28-16-12-20-33(39)2)46-31-47(43(37-25-9-6-10-26-37)42(46)36-23-7-5-8-24-36)45(40-29-17-13-21-34(40)3)41-30-18-14-22-35(41)4/h5-31,42-45H,1-4H3/q+1/t42-,43-/m1/s1. The Morgan fingerprint density at radius 1 is 0.426 bits per heavy atom. The zero-order valence-corrected chi connectivity index (χ0v) is 27.8. The molecule has 0 saturated heterocycles. The summed E-state index contributed by atoms with van der Waals surface area (Å²) >= 11 is 0. The summed E-state index contributed by atoms with van der Waals surface area (Å²) in [6.45, 7) is 9.02. The third kappa shape index (κ3) is 5.81. The predicted molar refractivity (Wildman–Crippen MR) is 195 cm³/mol. The summed E-state index contributed by atoms with van der Waals surface area (Å²) in [6, 6.07) is 58.1. The zero-order valence-electron chi connectivity index (χ0n) is 27.8. The second-order valence-electron chi connectivity index (χ2n) is 13.0. The van der Waals surface area contributed by atoms with Gasteiger partial charge in [-0.1, -0.05) is 158 Å². The van der Waals surface area contributed by atoms with Gasteiger partial charge < -0.3 is 0 Å². The first-order valence-electron chi connectivity index (χ1n) is 16.7. The molecule has 0 aliphatic carbocycles. The summed E-state index contributed by atoms with van der Waals surface area (Å²) in [5.41, 5.74) is 13.1. The van der Waals surface area contributed by atoms with Crippen molar-refractivity contribution in [3.8, 4) is 0 Å². The van der Waals surface area contributed by atoms with E-state index >= 15 is 0 Å². The minimum Gasteiger partial charge on any atom is -0.245 e. The number of rotatable bonds is 8. The summed E-state index contributed by atoms with van der Waals surface area (Å²) in [7, 11) is 0. The van der Waals surface area contributed by atoms with Gasteiger partial charge in [-0.3, -0.25) is 0 Å². The fourth-order valence-electron chi connectivity index (χ4n) is 7.64. The van der Waals surface area contributed by atoms with Crippen LogP contribution in [0.2, 0.25) is 0 Å². The molecule has 7 rings (SSSR count). The maximum Gasteiger partial charge on any atom is 0.237 e. The van der Waals surface area contributed by atoms with Crippen molar-refractivity contribution in [2.45, 2.75) is 51.9 Å². The van der Waals surface area contributed by atoms with Crippen LogP contribution < -0.4 is 0 Å². The smallest absolute Gasteiger partial charge is 0.237 e. The van der Waals surface area contributed by atoms with Crippen molar-refractivity contribution >= 4 is 6.34 Å². The number of nitrogens with zero attached hydrogens (tertiary/aromatic N) is 2. The van der Waals surface area contributed by atoms with Crippen molar-refractivity contribution in [1.29, 1.82) is 0 Å². The van der Waals surface area contributed by atoms with E-state index in [1.807, 2.05) is 0 Å². The second-order valence-corrected chi connectivity index (χ2v) is 13.0. The molecule has 1 heterocycles. The Morgan fingerprint density at radius 3 is 1.21 bits per heavy atom. The highest BCUT2D eigenvalue weighted by atomic mass is 15.3. The molecule has 6 aromatic carbocycles. The van der Waals surface area contributed by atoms with E-state index in [9.17, 15) is 0 Å². The van der Waals surface area contributed by atoms with Crippen LogP contribution in [0.5, 0.6) is 0 Å². The third-order valence-electron chi connectivity index (χ3n) is 10.0. The lowest BCUT2D eigenvalue weighted by atomic mass is 9.86. The van der Waals surface area contributed by atoms with E-state index in [4.69, 9.17) is 0 Å². The summed E-state index contributed by atoms with van der Waals surface area (Å²) in [6.07, 6.45) is 2.47. The maximum absolute atomic E-state index is 2.67. The van der Waals surface area contributed by atoms with E-state index in [1.54, 1.807) is 0 Å². The SMILES string of the molecule is Cc1ccccc1C(c1ccccc1C)N1C=[N+](C(c2ccccc2C)c2ccccc2C)[C@H](c2ccccc2)[C@H]1c1ccccc1. The minimum atomic E-state index is 0.00760. The van der Waals surface area contributed by atoms with Gasteiger partial charge in [0.05, 0.1) is 0 Å². The van der Waals surface area contributed by atoms with Gasteiger partial charge in [0.25, 0.3) is 0 Å². The number of hydrogen-bond acceptors (Lipinski definition) is 1. The highest BCUT2D eigenvalue weighted by Gasteiger charge is 2.50. The van der Waals surface area contributed by atoms with E-state index in [0.717, 1.165) is 0 Å². The number of benzene rings is 6.